The summed E-state index contributed by atoms with van der Waals surface area (Å²) < 4.78 is 5.33. The van der Waals surface area contributed by atoms with Gasteiger partial charge in [-0.2, -0.15) is 0 Å². The summed E-state index contributed by atoms with van der Waals surface area (Å²) in [7, 11) is 0. The molecule has 23 heavy (non-hydrogen) atoms. The number of hydrogen-bond acceptors (Lipinski definition) is 4. The summed E-state index contributed by atoms with van der Waals surface area (Å²) in [5, 5.41) is 5.66. The highest BCUT2D eigenvalue weighted by Gasteiger charge is 2.30. The molecule has 3 amide bonds. The smallest absolute Gasteiger partial charge is 0.410 e. The maximum absolute atomic E-state index is 12.0. The van der Waals surface area contributed by atoms with Gasteiger partial charge in [0.25, 0.3) is 0 Å². The molecule has 2 N–H and O–H groups in total. The third kappa shape index (κ3) is 5.77. The van der Waals surface area contributed by atoms with E-state index in [4.69, 9.17) is 4.74 Å². The first kappa shape index (κ1) is 17.1. The molecule has 2 heterocycles. The van der Waals surface area contributed by atoms with Crippen molar-refractivity contribution in [1.82, 2.24) is 20.5 Å². The lowest BCUT2D eigenvalue weighted by molar-refractivity contribution is 0.0291. The molecule has 1 aromatic rings. The molecule has 1 aliphatic heterocycles. The molecule has 1 aliphatic rings. The predicted octanol–water partition coefficient (Wildman–Crippen LogP) is 1.89. The third-order valence-corrected chi connectivity index (χ3v) is 3.35. The quantitative estimate of drug-likeness (QED) is 0.891. The highest BCUT2D eigenvalue weighted by molar-refractivity contribution is 5.74. The molecular formula is C16H24N4O3. The fourth-order valence-corrected chi connectivity index (χ4v) is 2.29. The van der Waals surface area contributed by atoms with E-state index in [2.05, 4.69) is 15.6 Å². The minimum Gasteiger partial charge on any atom is -0.444 e. The number of urea groups is 1. The number of nitrogens with zero attached hydrogens (tertiary/aromatic N) is 2. The van der Waals surface area contributed by atoms with E-state index < -0.39 is 5.60 Å². The first-order chi connectivity index (χ1) is 10.8. The average Bonchev–Trinajstić information content (AvgIpc) is 2.93. The van der Waals surface area contributed by atoms with E-state index in [1.54, 1.807) is 17.3 Å². The van der Waals surface area contributed by atoms with Gasteiger partial charge in [0.05, 0.1) is 0 Å². The van der Waals surface area contributed by atoms with Crippen molar-refractivity contribution in [1.29, 1.82) is 0 Å². The van der Waals surface area contributed by atoms with Crippen molar-refractivity contribution in [2.45, 2.75) is 45.4 Å². The van der Waals surface area contributed by atoms with Crippen molar-refractivity contribution in [2.75, 3.05) is 13.1 Å². The number of pyridine rings is 1. The number of carbonyl (C=O) groups excluding carboxylic acids is 2. The van der Waals surface area contributed by atoms with Gasteiger partial charge >= 0.3 is 12.1 Å². The van der Waals surface area contributed by atoms with Gasteiger partial charge in [-0.15, -0.1) is 0 Å². The largest absolute Gasteiger partial charge is 0.444 e. The minimum atomic E-state index is -0.510. The fraction of sp³-hybridized carbons (Fsp3) is 0.562. The van der Waals surface area contributed by atoms with Crippen molar-refractivity contribution >= 4 is 12.1 Å². The third-order valence-electron chi connectivity index (χ3n) is 3.35. The van der Waals surface area contributed by atoms with E-state index in [1.807, 2.05) is 32.9 Å². The first-order valence-corrected chi connectivity index (χ1v) is 7.75. The van der Waals surface area contributed by atoms with Gasteiger partial charge in [-0.05, 0) is 38.8 Å². The lowest BCUT2D eigenvalue weighted by atomic mass is 10.2. The molecule has 0 aromatic carbocycles. The van der Waals surface area contributed by atoms with Crippen LogP contribution in [0.25, 0.3) is 0 Å². The summed E-state index contributed by atoms with van der Waals surface area (Å²) in [4.78, 5) is 29.5. The summed E-state index contributed by atoms with van der Waals surface area (Å²) >= 11 is 0. The van der Waals surface area contributed by atoms with Gasteiger partial charge in [0.2, 0.25) is 0 Å². The first-order valence-electron chi connectivity index (χ1n) is 7.75. The van der Waals surface area contributed by atoms with Crippen LogP contribution in [0.2, 0.25) is 0 Å². The highest BCUT2D eigenvalue weighted by atomic mass is 16.6. The maximum Gasteiger partial charge on any atom is 0.410 e. The van der Waals surface area contributed by atoms with Gasteiger partial charge in [0.15, 0.2) is 0 Å². The van der Waals surface area contributed by atoms with Crippen LogP contribution < -0.4 is 10.6 Å². The Morgan fingerprint density at radius 1 is 1.43 bits per heavy atom. The van der Waals surface area contributed by atoms with Crippen LogP contribution >= 0.6 is 0 Å². The Kier molecular flexibility index (Phi) is 5.41. The molecule has 7 nitrogen and oxygen atoms in total. The van der Waals surface area contributed by atoms with E-state index >= 15 is 0 Å². The second-order valence-electron chi connectivity index (χ2n) is 6.60. The van der Waals surface area contributed by atoms with E-state index in [0.717, 1.165) is 12.0 Å². The number of aromatic nitrogens is 1. The van der Waals surface area contributed by atoms with E-state index in [0.29, 0.717) is 19.6 Å². The summed E-state index contributed by atoms with van der Waals surface area (Å²) in [6.45, 7) is 6.98. The monoisotopic (exact) mass is 320 g/mol. The van der Waals surface area contributed by atoms with Gasteiger partial charge in [-0.1, -0.05) is 6.07 Å². The second kappa shape index (κ2) is 7.30. The predicted molar refractivity (Wildman–Crippen MR) is 85.8 cm³/mol. The summed E-state index contributed by atoms with van der Waals surface area (Å²) in [5.41, 5.74) is 0.424. The van der Waals surface area contributed by atoms with Crippen LogP contribution in [0.5, 0.6) is 0 Å². The fourth-order valence-electron chi connectivity index (χ4n) is 2.29. The molecular weight excluding hydrogens is 296 g/mol. The lowest BCUT2D eigenvalue weighted by Gasteiger charge is -2.24. The zero-order chi connectivity index (χ0) is 16.9. The van der Waals surface area contributed by atoms with Crippen LogP contribution in [-0.2, 0) is 11.3 Å². The summed E-state index contributed by atoms with van der Waals surface area (Å²) in [5.74, 6) is 0. The number of amides is 3. The standard InChI is InChI=1S/C16H24N4O3/c1-16(2,3)23-15(22)20-8-6-13(11-20)19-14(21)18-10-12-5-4-7-17-9-12/h4-5,7,9,13H,6,8,10-11H2,1-3H3,(H2,18,19,21). The minimum absolute atomic E-state index is 0.0589. The molecule has 1 atom stereocenters. The van der Waals surface area contributed by atoms with Crippen LogP contribution in [-0.4, -0.2) is 46.7 Å². The van der Waals surface area contributed by atoms with Crippen LogP contribution in [0.4, 0.5) is 9.59 Å². The molecule has 126 valence electrons. The number of nitrogens with one attached hydrogen (secondary N) is 2. The zero-order valence-corrected chi connectivity index (χ0v) is 13.8. The van der Waals surface area contributed by atoms with Crippen molar-refractivity contribution in [3.8, 4) is 0 Å². The SMILES string of the molecule is CC(C)(C)OC(=O)N1CCC(NC(=O)NCc2cccnc2)C1. The number of ether oxygens (including phenoxy) is 1. The molecule has 2 rings (SSSR count). The van der Waals surface area contributed by atoms with Gasteiger partial charge < -0.3 is 20.3 Å². The second-order valence-corrected chi connectivity index (χ2v) is 6.60. The Morgan fingerprint density at radius 2 is 2.22 bits per heavy atom. The molecule has 0 radical (unpaired) electrons. The zero-order valence-electron chi connectivity index (χ0n) is 13.8. The van der Waals surface area contributed by atoms with Gasteiger partial charge in [-0.25, -0.2) is 9.59 Å². The van der Waals surface area contributed by atoms with Crippen LogP contribution in [0.15, 0.2) is 24.5 Å². The topological polar surface area (TPSA) is 83.6 Å². The molecule has 0 aliphatic carbocycles. The molecule has 1 unspecified atom stereocenters. The Hall–Kier alpha value is -2.31. The van der Waals surface area contributed by atoms with Crippen molar-refractivity contribution < 1.29 is 14.3 Å². The molecule has 1 fully saturated rings. The Morgan fingerprint density at radius 3 is 2.87 bits per heavy atom. The highest BCUT2D eigenvalue weighted by Crippen LogP contribution is 2.15. The van der Waals surface area contributed by atoms with Gasteiger partial charge in [0, 0.05) is 38.1 Å². The summed E-state index contributed by atoms with van der Waals surface area (Å²) in [6.07, 6.45) is 3.78. The average molecular weight is 320 g/mol. The van der Waals surface area contributed by atoms with Crippen molar-refractivity contribution in [3.05, 3.63) is 30.1 Å². The molecule has 0 saturated carbocycles. The van der Waals surface area contributed by atoms with Crippen LogP contribution in [0.1, 0.15) is 32.8 Å². The molecule has 0 bridgehead atoms. The Balaban J connectivity index is 1.72. The van der Waals surface area contributed by atoms with E-state index in [1.165, 1.54) is 0 Å². The maximum atomic E-state index is 12.0. The molecule has 1 saturated heterocycles. The number of rotatable bonds is 3. The Labute approximate surface area is 136 Å². The number of carbonyl (C=O) groups is 2. The lowest BCUT2D eigenvalue weighted by Crippen LogP contribution is -2.44. The summed E-state index contributed by atoms with van der Waals surface area (Å²) in [6, 6.07) is 3.42. The van der Waals surface area contributed by atoms with E-state index in [-0.39, 0.29) is 18.2 Å². The van der Waals surface area contributed by atoms with Gasteiger partial charge in [0.1, 0.15) is 5.60 Å². The van der Waals surface area contributed by atoms with Crippen molar-refractivity contribution in [3.63, 3.8) is 0 Å². The molecule has 1 aromatic heterocycles. The van der Waals surface area contributed by atoms with E-state index in [9.17, 15) is 9.59 Å². The number of likely N-dealkylation sites (tertiary alicyclic amines) is 1. The van der Waals surface area contributed by atoms with Crippen molar-refractivity contribution in [2.24, 2.45) is 0 Å². The number of hydrogen-bond donors (Lipinski definition) is 2. The Bertz CT molecular complexity index is 542. The normalized spacial score (nSPS) is 17.7. The van der Waals surface area contributed by atoms with Crippen LogP contribution in [0.3, 0.4) is 0 Å². The molecule has 7 heteroatoms. The van der Waals surface area contributed by atoms with Gasteiger partial charge in [-0.3, -0.25) is 4.98 Å². The van der Waals surface area contributed by atoms with Crippen LogP contribution in [0, 0.1) is 0 Å². The molecule has 0 spiro atoms.